The third kappa shape index (κ3) is 7.82. The van der Waals surface area contributed by atoms with Crippen LogP contribution in [0.15, 0.2) is 42.5 Å². The van der Waals surface area contributed by atoms with Gasteiger partial charge in [0.2, 0.25) is 0 Å². The summed E-state index contributed by atoms with van der Waals surface area (Å²) >= 11 is 1.83. The Morgan fingerprint density at radius 2 is 1.87 bits per heavy atom. The van der Waals surface area contributed by atoms with Crippen LogP contribution in [0.2, 0.25) is 0 Å². The topological polar surface area (TPSA) is 172 Å². The average Bonchev–Trinajstić information content (AvgIpc) is 3.27. The van der Waals surface area contributed by atoms with Crippen molar-refractivity contribution >= 4 is 56.9 Å². The second-order valence-corrected chi connectivity index (χ2v) is 14.4. The standard InChI is InChI=1S/C23H31FN4O8P2S/c24-19-12-17(5-6-20(19)27-7-9-39-10-8-27)28-14-18(36-23(28)30)13-25-22(29)26-16-3-1-15(2-4-16)11-21(37(31)32)38(33,34)35/h1-6,12,18,21,33-35,37-38H,7-11,13-14H2,(H,31,32)(H2,25,26,29)/t18-,21?/m0/s1. The third-order valence-corrected chi connectivity index (χ3v) is 11.2. The predicted molar refractivity (Wildman–Crippen MR) is 151 cm³/mol. The van der Waals surface area contributed by atoms with Crippen molar-refractivity contribution in [2.45, 2.75) is 17.9 Å². The van der Waals surface area contributed by atoms with Crippen LogP contribution in [0, 0.1) is 5.82 Å². The van der Waals surface area contributed by atoms with Gasteiger partial charge in [-0.25, -0.2) is 9.18 Å². The molecule has 0 aliphatic carbocycles. The summed E-state index contributed by atoms with van der Waals surface area (Å²) in [7, 11) is -8.18. The Balaban J connectivity index is 1.27. The zero-order chi connectivity index (χ0) is 28.2. The number of hydrogen-bond acceptors (Lipinski definition) is 9. The van der Waals surface area contributed by atoms with Gasteiger partial charge < -0.3 is 4.90 Å². The third-order valence-electron chi connectivity index (χ3n) is 6.38. The van der Waals surface area contributed by atoms with Crippen LogP contribution in [-0.2, 0) is 15.7 Å². The van der Waals surface area contributed by atoms with E-state index in [-0.39, 0.29) is 19.5 Å². The van der Waals surface area contributed by atoms with Gasteiger partial charge in [0.25, 0.3) is 0 Å². The van der Waals surface area contributed by atoms with Gasteiger partial charge in [0.05, 0.1) is 11.4 Å². The molecule has 3 amide bonds. The zero-order valence-electron chi connectivity index (χ0n) is 20.7. The maximum absolute atomic E-state index is 14.8. The molecule has 2 fully saturated rings. The second kappa shape index (κ2) is 12.8. The summed E-state index contributed by atoms with van der Waals surface area (Å²) in [5, 5.41) is 3.66. The van der Waals surface area contributed by atoms with Crippen molar-refractivity contribution in [2.75, 3.05) is 52.8 Å². The Morgan fingerprint density at radius 3 is 2.49 bits per heavy atom. The van der Waals surface area contributed by atoms with Crippen LogP contribution in [-0.4, -0.2) is 80.9 Å². The Kier molecular flexibility index (Phi) is 9.71. The van der Waals surface area contributed by atoms with E-state index in [1.807, 2.05) is 16.7 Å². The molecule has 0 saturated carbocycles. The van der Waals surface area contributed by atoms with Crippen LogP contribution in [0.4, 0.5) is 31.0 Å². The SMILES string of the molecule is O=C(NC[C@H]1CN(c2ccc(N3CCSCC3)c(F)c2)C(=O)O1)Nc1ccc(CC([PH](=O)O)[PH](O)(O)O)cc1. The fourth-order valence-electron chi connectivity index (χ4n) is 4.29. The predicted octanol–water partition coefficient (Wildman–Crippen LogP) is 2.33. The molecular formula is C23H31FN4O8P2S. The normalized spacial score (nSPS) is 19.8. The number of urea groups is 1. The summed E-state index contributed by atoms with van der Waals surface area (Å²) < 4.78 is 31.5. The number of anilines is 3. The molecule has 16 heteroatoms. The molecule has 4 rings (SSSR count). The molecule has 2 aromatic carbocycles. The van der Waals surface area contributed by atoms with Gasteiger partial charge in [0, 0.05) is 24.6 Å². The van der Waals surface area contributed by atoms with Gasteiger partial charge in [-0.15, -0.1) is 0 Å². The number of carbonyl (C=O) groups is 2. The average molecular weight is 605 g/mol. The molecule has 0 bridgehead atoms. The first kappa shape index (κ1) is 29.5. The summed E-state index contributed by atoms with van der Waals surface area (Å²) in [4.78, 5) is 65.5. The number of amides is 3. The molecule has 3 atom stereocenters. The molecule has 6 N–H and O–H groups in total. The van der Waals surface area contributed by atoms with Crippen LogP contribution in [0.5, 0.6) is 0 Å². The molecule has 39 heavy (non-hydrogen) atoms. The van der Waals surface area contributed by atoms with Crippen LogP contribution < -0.4 is 20.4 Å². The Labute approximate surface area is 229 Å². The van der Waals surface area contributed by atoms with Crippen molar-refractivity contribution in [1.29, 1.82) is 0 Å². The first-order valence-corrected chi connectivity index (χ1v) is 16.7. The molecule has 2 heterocycles. The summed E-state index contributed by atoms with van der Waals surface area (Å²) in [5.74, 6) is 1.46. The van der Waals surface area contributed by atoms with E-state index in [2.05, 4.69) is 10.6 Å². The van der Waals surface area contributed by atoms with Gasteiger partial charge in [0.1, 0.15) is 5.82 Å². The number of hydrogen-bond donors (Lipinski definition) is 6. The van der Waals surface area contributed by atoms with Crippen molar-refractivity contribution in [2.24, 2.45) is 0 Å². The second-order valence-electron chi connectivity index (χ2n) is 9.17. The van der Waals surface area contributed by atoms with E-state index >= 15 is 0 Å². The van der Waals surface area contributed by atoms with Crippen LogP contribution in [0.1, 0.15) is 5.56 Å². The first-order valence-electron chi connectivity index (χ1n) is 12.2. The zero-order valence-corrected chi connectivity index (χ0v) is 23.6. The van der Waals surface area contributed by atoms with E-state index in [0.717, 1.165) is 24.6 Å². The first-order chi connectivity index (χ1) is 18.5. The number of halogens is 1. The fourth-order valence-corrected chi connectivity index (χ4v) is 7.44. The van der Waals surface area contributed by atoms with Crippen molar-refractivity contribution in [3.63, 3.8) is 0 Å². The number of benzene rings is 2. The molecule has 0 spiro atoms. The molecule has 2 saturated heterocycles. The Hall–Kier alpha value is -2.44. The van der Waals surface area contributed by atoms with E-state index in [9.17, 15) is 38.1 Å². The minimum atomic E-state index is -4.80. The van der Waals surface area contributed by atoms with Crippen molar-refractivity contribution in [1.82, 2.24) is 5.32 Å². The maximum atomic E-state index is 14.8. The molecule has 2 aliphatic heterocycles. The van der Waals surface area contributed by atoms with Gasteiger partial charge >= 0.3 is 139 Å². The van der Waals surface area contributed by atoms with E-state index in [1.54, 1.807) is 12.1 Å². The fraction of sp³-hybridized carbons (Fsp3) is 0.391. The molecule has 214 valence electrons. The molecule has 2 unspecified atom stereocenters. The summed E-state index contributed by atoms with van der Waals surface area (Å²) in [5.41, 5.74) is 1.73. The molecule has 12 nitrogen and oxygen atoms in total. The number of nitrogens with zero attached hydrogens (tertiary/aromatic N) is 2. The van der Waals surface area contributed by atoms with Crippen molar-refractivity contribution in [3.05, 3.63) is 53.8 Å². The van der Waals surface area contributed by atoms with E-state index in [4.69, 9.17) is 4.74 Å². The van der Waals surface area contributed by atoms with E-state index < -0.39 is 45.4 Å². The Morgan fingerprint density at radius 1 is 1.18 bits per heavy atom. The van der Waals surface area contributed by atoms with E-state index in [0.29, 0.717) is 22.6 Å². The van der Waals surface area contributed by atoms with Crippen molar-refractivity contribution < 1.29 is 42.9 Å². The van der Waals surface area contributed by atoms with Gasteiger partial charge in [-0.3, -0.25) is 4.90 Å². The summed E-state index contributed by atoms with van der Waals surface area (Å²) in [6, 6.07) is 10.1. The summed E-state index contributed by atoms with van der Waals surface area (Å²) in [6.07, 6.45) is -1.50. The molecule has 2 aromatic rings. The van der Waals surface area contributed by atoms with Gasteiger partial charge in [0.15, 0.2) is 0 Å². The molecule has 0 radical (unpaired) electrons. The van der Waals surface area contributed by atoms with Crippen LogP contribution in [0.25, 0.3) is 0 Å². The van der Waals surface area contributed by atoms with Gasteiger partial charge in [-0.05, 0) is 18.2 Å². The number of thioether (sulfide) groups is 1. The number of nitrogens with one attached hydrogen (secondary N) is 2. The Bertz CT molecular complexity index is 1210. The number of cyclic esters (lactones) is 1. The van der Waals surface area contributed by atoms with Gasteiger partial charge in [-0.1, -0.05) is 0 Å². The van der Waals surface area contributed by atoms with Crippen LogP contribution >= 0.6 is 27.7 Å². The monoisotopic (exact) mass is 604 g/mol. The minimum absolute atomic E-state index is 0.0147. The molecule has 2 aliphatic rings. The molecule has 0 aromatic heterocycles. The van der Waals surface area contributed by atoms with Crippen LogP contribution in [0.3, 0.4) is 0 Å². The summed E-state index contributed by atoms with van der Waals surface area (Å²) in [6.45, 7) is 1.67. The van der Waals surface area contributed by atoms with Crippen molar-refractivity contribution in [3.8, 4) is 0 Å². The van der Waals surface area contributed by atoms with E-state index in [1.165, 1.54) is 35.2 Å². The quantitative estimate of drug-likeness (QED) is 0.234. The number of carbonyl (C=O) groups excluding carboxylic acids is 2. The number of ether oxygens (including phenoxy) is 1. The van der Waals surface area contributed by atoms with Gasteiger partial charge in [-0.2, -0.15) is 11.8 Å². The number of rotatable bonds is 9. The molecular weight excluding hydrogens is 573 g/mol.